The molecule has 4 heteroatoms. The lowest BCUT2D eigenvalue weighted by atomic mass is 9.44. The molecule has 7 unspecified atom stereocenters. The molecule has 25 heavy (non-hydrogen) atoms. The van der Waals surface area contributed by atoms with Gasteiger partial charge in [0.2, 0.25) is 0 Å². The number of hydrogen-bond donors (Lipinski definition) is 1. The number of fused-ring (bicyclic) bond motifs is 5. The first-order chi connectivity index (χ1) is 11.8. The Morgan fingerprint density at radius 3 is 2.60 bits per heavy atom. The highest BCUT2D eigenvalue weighted by molar-refractivity contribution is 5.88. The molecule has 0 aromatic carbocycles. The maximum Gasteiger partial charge on any atom is 0.161 e. The SMILES string of the molecule is CC12CC(=O)C3C(CCC4CC(=O)CCC43C)C1CCC2C(=O)CO. The summed E-state index contributed by atoms with van der Waals surface area (Å²) in [6.45, 7) is 3.97. The number of aliphatic hydroxyl groups excluding tert-OH is 1. The van der Waals surface area contributed by atoms with E-state index < -0.39 is 6.61 Å². The van der Waals surface area contributed by atoms with Crippen LogP contribution in [0, 0.1) is 40.4 Å². The molecule has 0 aliphatic heterocycles. The summed E-state index contributed by atoms with van der Waals surface area (Å²) in [5.41, 5.74) is -0.305. The van der Waals surface area contributed by atoms with E-state index in [0.717, 1.165) is 32.1 Å². The molecule has 0 aromatic rings. The first-order valence-corrected chi connectivity index (χ1v) is 9.99. The number of carbonyl (C=O) groups excluding carboxylic acids is 3. The Bertz CT molecular complexity index is 625. The Morgan fingerprint density at radius 2 is 1.88 bits per heavy atom. The second kappa shape index (κ2) is 5.73. The predicted molar refractivity (Wildman–Crippen MR) is 92.7 cm³/mol. The van der Waals surface area contributed by atoms with Gasteiger partial charge in [-0.05, 0) is 60.7 Å². The number of hydrogen-bond acceptors (Lipinski definition) is 4. The van der Waals surface area contributed by atoms with Crippen LogP contribution in [0.15, 0.2) is 0 Å². The van der Waals surface area contributed by atoms with Crippen molar-refractivity contribution in [1.29, 1.82) is 0 Å². The smallest absolute Gasteiger partial charge is 0.161 e. The van der Waals surface area contributed by atoms with Crippen molar-refractivity contribution in [2.24, 2.45) is 40.4 Å². The van der Waals surface area contributed by atoms with E-state index in [1.807, 2.05) is 0 Å². The number of aliphatic hydroxyl groups is 1. The van der Waals surface area contributed by atoms with Crippen molar-refractivity contribution in [2.75, 3.05) is 6.61 Å². The Morgan fingerprint density at radius 1 is 1.12 bits per heavy atom. The Labute approximate surface area is 149 Å². The first kappa shape index (κ1) is 17.4. The lowest BCUT2D eigenvalue weighted by Gasteiger charge is -2.59. The topological polar surface area (TPSA) is 71.4 Å². The zero-order chi connectivity index (χ0) is 18.0. The van der Waals surface area contributed by atoms with Crippen LogP contribution in [-0.4, -0.2) is 29.1 Å². The van der Waals surface area contributed by atoms with Gasteiger partial charge in [-0.3, -0.25) is 14.4 Å². The van der Waals surface area contributed by atoms with Crippen LogP contribution in [0.5, 0.6) is 0 Å². The summed E-state index contributed by atoms with van der Waals surface area (Å²) in [4.78, 5) is 37.5. The van der Waals surface area contributed by atoms with Crippen LogP contribution in [0.2, 0.25) is 0 Å². The highest BCUT2D eigenvalue weighted by Gasteiger charge is 2.63. The van der Waals surface area contributed by atoms with Crippen molar-refractivity contribution >= 4 is 17.3 Å². The molecule has 0 aromatic heterocycles. The van der Waals surface area contributed by atoms with E-state index in [-0.39, 0.29) is 28.4 Å². The molecular weight excluding hydrogens is 316 g/mol. The molecule has 0 saturated heterocycles. The van der Waals surface area contributed by atoms with E-state index in [2.05, 4.69) is 13.8 Å². The largest absolute Gasteiger partial charge is 0.389 e. The lowest BCUT2D eigenvalue weighted by molar-refractivity contribution is -0.161. The van der Waals surface area contributed by atoms with E-state index in [1.165, 1.54) is 0 Å². The Hall–Kier alpha value is -1.03. The summed E-state index contributed by atoms with van der Waals surface area (Å²) in [7, 11) is 0. The summed E-state index contributed by atoms with van der Waals surface area (Å²) in [5.74, 6) is 1.64. The lowest BCUT2D eigenvalue weighted by Crippen LogP contribution is -2.57. The molecule has 4 nitrogen and oxygen atoms in total. The highest BCUT2D eigenvalue weighted by atomic mass is 16.3. The third-order valence-electron chi connectivity index (χ3n) is 8.71. The van der Waals surface area contributed by atoms with Crippen molar-refractivity contribution in [3.05, 3.63) is 0 Å². The fourth-order valence-corrected chi connectivity index (χ4v) is 7.50. The maximum atomic E-state index is 13.3. The molecule has 0 radical (unpaired) electrons. The van der Waals surface area contributed by atoms with E-state index >= 15 is 0 Å². The van der Waals surface area contributed by atoms with Gasteiger partial charge in [-0.2, -0.15) is 0 Å². The van der Waals surface area contributed by atoms with Crippen LogP contribution < -0.4 is 0 Å². The Kier molecular flexibility index (Phi) is 3.99. The zero-order valence-electron chi connectivity index (χ0n) is 15.4. The summed E-state index contributed by atoms with van der Waals surface area (Å²) < 4.78 is 0. The fraction of sp³-hybridized carbons (Fsp3) is 0.857. The molecule has 4 rings (SSSR count). The van der Waals surface area contributed by atoms with Gasteiger partial charge in [0, 0.05) is 31.1 Å². The van der Waals surface area contributed by atoms with Crippen molar-refractivity contribution in [2.45, 2.75) is 65.2 Å². The number of carbonyl (C=O) groups is 3. The van der Waals surface area contributed by atoms with Gasteiger partial charge in [0.05, 0.1) is 0 Å². The molecule has 0 amide bonds. The van der Waals surface area contributed by atoms with Gasteiger partial charge in [-0.1, -0.05) is 13.8 Å². The molecule has 4 aliphatic rings. The molecule has 4 aliphatic carbocycles. The summed E-state index contributed by atoms with van der Waals surface area (Å²) in [6.07, 6.45) is 6.48. The summed E-state index contributed by atoms with van der Waals surface area (Å²) >= 11 is 0. The maximum absolute atomic E-state index is 13.3. The van der Waals surface area contributed by atoms with Gasteiger partial charge in [-0.25, -0.2) is 0 Å². The zero-order valence-corrected chi connectivity index (χ0v) is 15.4. The van der Waals surface area contributed by atoms with Gasteiger partial charge in [0.15, 0.2) is 5.78 Å². The van der Waals surface area contributed by atoms with Gasteiger partial charge in [0.25, 0.3) is 0 Å². The monoisotopic (exact) mass is 346 g/mol. The van der Waals surface area contributed by atoms with E-state index in [4.69, 9.17) is 0 Å². The second-order valence-corrected chi connectivity index (χ2v) is 9.67. The first-order valence-electron chi connectivity index (χ1n) is 9.99. The average Bonchev–Trinajstić information content (AvgIpc) is 2.91. The van der Waals surface area contributed by atoms with Crippen molar-refractivity contribution in [3.8, 4) is 0 Å². The van der Waals surface area contributed by atoms with Crippen LogP contribution >= 0.6 is 0 Å². The van der Waals surface area contributed by atoms with Crippen LogP contribution in [-0.2, 0) is 14.4 Å². The van der Waals surface area contributed by atoms with Crippen LogP contribution in [0.1, 0.15) is 65.2 Å². The molecule has 7 atom stereocenters. The molecule has 0 heterocycles. The molecule has 138 valence electrons. The Balaban J connectivity index is 1.67. The van der Waals surface area contributed by atoms with Crippen molar-refractivity contribution in [1.82, 2.24) is 0 Å². The van der Waals surface area contributed by atoms with Crippen LogP contribution in [0.3, 0.4) is 0 Å². The highest BCUT2D eigenvalue weighted by Crippen LogP contribution is 2.66. The number of ketones is 3. The molecule has 4 fully saturated rings. The summed E-state index contributed by atoms with van der Waals surface area (Å²) in [6, 6.07) is 0. The average molecular weight is 346 g/mol. The second-order valence-electron chi connectivity index (χ2n) is 9.67. The van der Waals surface area contributed by atoms with Crippen molar-refractivity contribution < 1.29 is 19.5 Å². The minimum Gasteiger partial charge on any atom is -0.389 e. The molecule has 0 bridgehead atoms. The van der Waals surface area contributed by atoms with Crippen LogP contribution in [0.4, 0.5) is 0 Å². The minimum absolute atomic E-state index is 0.0334. The predicted octanol–water partition coefficient (Wildman–Crippen LogP) is 2.95. The molecule has 4 saturated carbocycles. The minimum atomic E-state index is -0.406. The van der Waals surface area contributed by atoms with E-state index in [0.29, 0.717) is 48.6 Å². The van der Waals surface area contributed by atoms with Crippen LogP contribution in [0.25, 0.3) is 0 Å². The van der Waals surface area contributed by atoms with E-state index in [9.17, 15) is 19.5 Å². The third kappa shape index (κ3) is 2.32. The molecule has 0 spiro atoms. The third-order valence-corrected chi connectivity index (χ3v) is 8.71. The van der Waals surface area contributed by atoms with Gasteiger partial charge in [-0.15, -0.1) is 0 Å². The van der Waals surface area contributed by atoms with Gasteiger partial charge < -0.3 is 5.11 Å². The molecule has 1 N–H and O–H groups in total. The fourth-order valence-electron chi connectivity index (χ4n) is 7.50. The van der Waals surface area contributed by atoms with Gasteiger partial charge in [0.1, 0.15) is 18.2 Å². The van der Waals surface area contributed by atoms with Crippen molar-refractivity contribution in [3.63, 3.8) is 0 Å². The standard InChI is InChI=1S/C21H30O4/c1-20-8-7-13(23)9-12(20)3-4-14-15-5-6-16(18(25)11-22)21(15,2)10-17(24)19(14)20/h12,14-16,19,22H,3-11H2,1-2H3. The number of rotatable bonds is 2. The summed E-state index contributed by atoms with van der Waals surface area (Å²) in [5, 5.41) is 9.35. The van der Waals surface area contributed by atoms with E-state index in [1.54, 1.807) is 0 Å². The quantitative estimate of drug-likeness (QED) is 0.834. The van der Waals surface area contributed by atoms with Gasteiger partial charge >= 0.3 is 0 Å². The normalized spacial score (nSPS) is 49.3. The molecular formula is C21H30O4. The number of Topliss-reactive ketones (excluding diaryl/α,β-unsaturated/α-hetero) is 3.